The highest BCUT2D eigenvalue weighted by molar-refractivity contribution is 5.88. The number of carbonyl (C=O) groups is 1. The summed E-state index contributed by atoms with van der Waals surface area (Å²) in [6, 6.07) is 1.63. The third-order valence-electron chi connectivity index (χ3n) is 8.89. The van der Waals surface area contributed by atoms with E-state index in [9.17, 15) is 13.6 Å². The molecule has 1 amide bonds. The van der Waals surface area contributed by atoms with Crippen LogP contribution in [0.15, 0.2) is 36.2 Å². The Morgan fingerprint density at radius 3 is 2.77 bits per heavy atom. The van der Waals surface area contributed by atoms with E-state index in [1.165, 1.54) is 17.3 Å². The average Bonchev–Trinajstić information content (AvgIpc) is 2.99. The van der Waals surface area contributed by atoms with Crippen molar-refractivity contribution in [2.75, 3.05) is 6.54 Å². The Kier molecular flexibility index (Phi) is 4.64. The Hall–Kier alpha value is -2.04. The maximum atomic E-state index is 13.3. The third-order valence-corrected chi connectivity index (χ3v) is 8.89. The lowest BCUT2D eigenvalue weighted by Gasteiger charge is -2.57. The number of aromatic nitrogens is 1. The van der Waals surface area contributed by atoms with Crippen LogP contribution in [-0.2, 0) is 4.79 Å². The Bertz CT molecular complexity index is 939. The van der Waals surface area contributed by atoms with Crippen molar-refractivity contribution in [3.63, 3.8) is 0 Å². The number of hydrogen-bond donors (Lipinski definition) is 1. The number of nitrogens with zero attached hydrogens (tertiary/aromatic N) is 1. The molecule has 1 aromatic heterocycles. The second-order valence-corrected chi connectivity index (χ2v) is 10.2. The van der Waals surface area contributed by atoms with Crippen molar-refractivity contribution in [1.29, 1.82) is 0 Å². The van der Waals surface area contributed by atoms with E-state index in [1.807, 2.05) is 6.08 Å². The molecule has 0 radical (unpaired) electrons. The van der Waals surface area contributed by atoms with Gasteiger partial charge >= 0.3 is 0 Å². The fourth-order valence-corrected chi connectivity index (χ4v) is 7.30. The molecule has 2 saturated carbocycles. The summed E-state index contributed by atoms with van der Waals surface area (Å²) in [5.74, 6) is 1.79. The van der Waals surface area contributed by atoms with E-state index >= 15 is 0 Å². The van der Waals surface area contributed by atoms with Gasteiger partial charge in [-0.1, -0.05) is 25.5 Å². The summed E-state index contributed by atoms with van der Waals surface area (Å²) < 4.78 is 26.5. The molecule has 5 heteroatoms. The van der Waals surface area contributed by atoms with Crippen LogP contribution in [-0.4, -0.2) is 17.4 Å². The van der Waals surface area contributed by atoms with Gasteiger partial charge in [0, 0.05) is 30.6 Å². The zero-order valence-electron chi connectivity index (χ0n) is 17.8. The summed E-state index contributed by atoms with van der Waals surface area (Å²) in [7, 11) is 0. The molecule has 0 bridgehead atoms. The van der Waals surface area contributed by atoms with Gasteiger partial charge in [-0.05, 0) is 84.3 Å². The Labute approximate surface area is 177 Å². The molecule has 1 aromatic rings. The highest BCUT2D eigenvalue weighted by Crippen LogP contribution is 2.66. The summed E-state index contributed by atoms with van der Waals surface area (Å²) in [6.45, 7) is 5.46. The van der Waals surface area contributed by atoms with Crippen LogP contribution in [0, 0.1) is 28.6 Å². The quantitative estimate of drug-likeness (QED) is 0.677. The third kappa shape index (κ3) is 2.88. The number of halogens is 2. The highest BCUT2D eigenvalue weighted by atomic mass is 19.3. The minimum Gasteiger partial charge on any atom is -0.353 e. The summed E-state index contributed by atoms with van der Waals surface area (Å²) in [4.78, 5) is 16.2. The molecule has 30 heavy (non-hydrogen) atoms. The smallest absolute Gasteiger partial charge is 0.265 e. The van der Waals surface area contributed by atoms with E-state index in [4.69, 9.17) is 0 Å². The number of nitrogens with one attached hydrogen (secondary N) is 1. The standard InChI is InChI=1S/C25H30F2N2O/c1-24-9-10-29-22(30)12-17(24)3-4-18-20-6-5-19(25(20,2)8-7-21(18)24)15-11-16(23(26)27)14-28-13-15/h5,11-14,18,20-21,23H,3-4,6-10H2,1-2H3,(H,29,30)/t18?,20?,21?,24-,25+/m0/s1. The van der Waals surface area contributed by atoms with Gasteiger partial charge in [-0.25, -0.2) is 8.78 Å². The number of allylic oxidation sites excluding steroid dienone is 3. The molecule has 3 nitrogen and oxygen atoms in total. The van der Waals surface area contributed by atoms with Gasteiger partial charge in [0.15, 0.2) is 0 Å². The molecule has 0 aromatic carbocycles. The molecule has 1 N–H and O–H groups in total. The average molecular weight is 413 g/mol. The molecular weight excluding hydrogens is 382 g/mol. The largest absolute Gasteiger partial charge is 0.353 e. The van der Waals surface area contributed by atoms with Gasteiger partial charge in [0.05, 0.1) is 0 Å². The molecule has 0 saturated heterocycles. The van der Waals surface area contributed by atoms with Crippen LogP contribution >= 0.6 is 0 Å². The van der Waals surface area contributed by atoms with Gasteiger partial charge < -0.3 is 5.32 Å². The zero-order valence-corrected chi connectivity index (χ0v) is 17.8. The van der Waals surface area contributed by atoms with E-state index < -0.39 is 6.43 Å². The van der Waals surface area contributed by atoms with Crippen molar-refractivity contribution < 1.29 is 13.6 Å². The molecule has 5 rings (SSSR count). The second kappa shape index (κ2) is 7.00. The predicted molar refractivity (Wildman–Crippen MR) is 113 cm³/mol. The first kappa shape index (κ1) is 19.9. The van der Waals surface area contributed by atoms with Crippen molar-refractivity contribution >= 4 is 11.5 Å². The summed E-state index contributed by atoms with van der Waals surface area (Å²) >= 11 is 0. The molecule has 2 fully saturated rings. The molecule has 3 unspecified atom stereocenters. The first-order chi connectivity index (χ1) is 14.3. The maximum absolute atomic E-state index is 13.3. The van der Waals surface area contributed by atoms with Gasteiger partial charge in [-0.3, -0.25) is 9.78 Å². The first-order valence-corrected chi connectivity index (χ1v) is 11.3. The van der Waals surface area contributed by atoms with Gasteiger partial charge in [0.1, 0.15) is 0 Å². The summed E-state index contributed by atoms with van der Waals surface area (Å²) in [5.41, 5.74) is 3.52. The Balaban J connectivity index is 1.46. The maximum Gasteiger partial charge on any atom is 0.265 e. The molecule has 2 heterocycles. The normalized spacial score (nSPS) is 38.0. The fourth-order valence-electron chi connectivity index (χ4n) is 7.30. The lowest BCUT2D eigenvalue weighted by atomic mass is 9.47. The lowest BCUT2D eigenvalue weighted by Crippen LogP contribution is -2.49. The lowest BCUT2D eigenvalue weighted by molar-refractivity contribution is -0.116. The molecule has 3 aliphatic carbocycles. The van der Waals surface area contributed by atoms with E-state index in [1.54, 1.807) is 12.3 Å². The monoisotopic (exact) mass is 412 g/mol. The van der Waals surface area contributed by atoms with E-state index in [2.05, 4.69) is 30.2 Å². The second-order valence-electron chi connectivity index (χ2n) is 10.2. The molecule has 160 valence electrons. The van der Waals surface area contributed by atoms with Crippen LogP contribution in [0.4, 0.5) is 8.78 Å². The van der Waals surface area contributed by atoms with E-state index in [0.717, 1.165) is 50.6 Å². The Morgan fingerprint density at radius 2 is 1.97 bits per heavy atom. The van der Waals surface area contributed by atoms with Crippen LogP contribution in [0.25, 0.3) is 5.57 Å². The van der Waals surface area contributed by atoms with Crippen LogP contribution in [0.5, 0.6) is 0 Å². The number of fused-ring (bicyclic) bond motifs is 5. The molecule has 5 atom stereocenters. The van der Waals surface area contributed by atoms with Gasteiger partial charge in [0.2, 0.25) is 5.91 Å². The van der Waals surface area contributed by atoms with Crippen molar-refractivity contribution in [2.45, 2.75) is 58.8 Å². The van der Waals surface area contributed by atoms with E-state index in [0.29, 0.717) is 17.8 Å². The fraction of sp³-hybridized carbons (Fsp3) is 0.600. The molecule has 4 aliphatic rings. The number of pyridine rings is 1. The first-order valence-electron chi connectivity index (χ1n) is 11.3. The van der Waals surface area contributed by atoms with Crippen LogP contribution < -0.4 is 5.32 Å². The number of amides is 1. The summed E-state index contributed by atoms with van der Waals surface area (Å²) in [6.07, 6.45) is 11.0. The number of hydrogen-bond acceptors (Lipinski definition) is 2. The molecule has 1 aliphatic heterocycles. The number of rotatable bonds is 2. The van der Waals surface area contributed by atoms with Crippen molar-refractivity contribution in [3.8, 4) is 0 Å². The Morgan fingerprint density at radius 1 is 1.13 bits per heavy atom. The topological polar surface area (TPSA) is 42.0 Å². The molecular formula is C25H30F2N2O. The van der Waals surface area contributed by atoms with Crippen LogP contribution in [0.2, 0.25) is 0 Å². The zero-order chi connectivity index (χ0) is 21.1. The highest BCUT2D eigenvalue weighted by Gasteiger charge is 2.56. The molecule has 0 spiro atoms. The SMILES string of the molecule is C[C@]12CCNC(=O)C=C1CCC1C2CC[C@]2(C)C(c3cncc(C(F)F)c3)=CCC12. The minimum atomic E-state index is -2.49. The van der Waals surface area contributed by atoms with Crippen molar-refractivity contribution in [1.82, 2.24) is 10.3 Å². The van der Waals surface area contributed by atoms with Crippen molar-refractivity contribution in [2.24, 2.45) is 28.6 Å². The number of alkyl halides is 2. The van der Waals surface area contributed by atoms with Gasteiger partial charge in [-0.2, -0.15) is 0 Å². The van der Waals surface area contributed by atoms with Gasteiger partial charge in [-0.15, -0.1) is 0 Å². The minimum absolute atomic E-state index is 0.00437. The predicted octanol–water partition coefficient (Wildman–Crippen LogP) is 5.70. The van der Waals surface area contributed by atoms with Crippen LogP contribution in [0.3, 0.4) is 0 Å². The number of carbonyl (C=O) groups excluding carboxylic acids is 1. The summed E-state index contributed by atoms with van der Waals surface area (Å²) in [5, 5.41) is 3.02. The van der Waals surface area contributed by atoms with E-state index in [-0.39, 0.29) is 22.3 Å². The van der Waals surface area contributed by atoms with Crippen molar-refractivity contribution in [3.05, 3.63) is 47.3 Å². The van der Waals surface area contributed by atoms with Crippen LogP contribution in [0.1, 0.15) is 69.9 Å². The van der Waals surface area contributed by atoms with Gasteiger partial charge in [0.25, 0.3) is 6.43 Å².